The lowest BCUT2D eigenvalue weighted by atomic mass is 10.0. The van der Waals surface area contributed by atoms with E-state index in [0.29, 0.717) is 17.2 Å². The van der Waals surface area contributed by atoms with Crippen LogP contribution in [-0.2, 0) is 6.42 Å². The Kier molecular flexibility index (Phi) is 5.98. The van der Waals surface area contributed by atoms with Crippen LogP contribution in [0.2, 0.25) is 0 Å². The van der Waals surface area contributed by atoms with Gasteiger partial charge in [-0.1, -0.05) is 19.1 Å². The fourth-order valence-corrected chi connectivity index (χ4v) is 5.17. The summed E-state index contributed by atoms with van der Waals surface area (Å²) in [5, 5.41) is 3.90. The first-order valence-electron chi connectivity index (χ1n) is 6.58. The molecule has 1 nitrogen and oxygen atoms in total. The molecule has 0 aromatic heterocycles. The maximum Gasteiger partial charge on any atom is 0.162 e. The molecule has 19 heavy (non-hydrogen) atoms. The minimum Gasteiger partial charge on any atom is -0.313 e. The lowest BCUT2D eigenvalue weighted by molar-refractivity contribution is 0.474. The van der Waals surface area contributed by atoms with E-state index in [4.69, 9.17) is 0 Å². The number of benzene rings is 1. The van der Waals surface area contributed by atoms with Crippen LogP contribution in [0.15, 0.2) is 18.2 Å². The van der Waals surface area contributed by atoms with Crippen LogP contribution in [0.4, 0.5) is 8.78 Å². The standard InChI is InChI=1S/C14H19F2NS2/c1-2-17-12(13-9-18-6-7-19-13)8-10-4-3-5-11(15)14(10)16/h3-5,12-13,17H,2,6-9H2,1H3. The molecule has 106 valence electrons. The Balaban J connectivity index is 2.08. The van der Waals surface area contributed by atoms with E-state index in [0.717, 1.165) is 18.1 Å². The summed E-state index contributed by atoms with van der Waals surface area (Å²) in [6.45, 7) is 2.90. The molecule has 1 aliphatic rings. The molecule has 1 N–H and O–H groups in total. The first kappa shape index (κ1) is 15.1. The molecule has 2 unspecified atom stereocenters. The predicted molar refractivity (Wildman–Crippen MR) is 81.1 cm³/mol. The van der Waals surface area contributed by atoms with Crippen LogP contribution in [0.3, 0.4) is 0 Å². The fraction of sp³-hybridized carbons (Fsp3) is 0.571. The van der Waals surface area contributed by atoms with Crippen molar-refractivity contribution < 1.29 is 8.78 Å². The van der Waals surface area contributed by atoms with E-state index in [2.05, 4.69) is 12.2 Å². The van der Waals surface area contributed by atoms with Gasteiger partial charge in [0.1, 0.15) is 0 Å². The third kappa shape index (κ3) is 4.10. The molecular weight excluding hydrogens is 284 g/mol. The Bertz CT molecular complexity index is 408. The molecule has 1 aromatic rings. The Morgan fingerprint density at radius 3 is 2.89 bits per heavy atom. The summed E-state index contributed by atoms with van der Waals surface area (Å²) < 4.78 is 27.0. The van der Waals surface area contributed by atoms with Crippen LogP contribution >= 0.6 is 23.5 Å². The van der Waals surface area contributed by atoms with Crippen molar-refractivity contribution in [3.63, 3.8) is 0 Å². The molecule has 1 fully saturated rings. The largest absolute Gasteiger partial charge is 0.313 e. The van der Waals surface area contributed by atoms with E-state index >= 15 is 0 Å². The van der Waals surface area contributed by atoms with E-state index in [1.54, 1.807) is 12.1 Å². The highest BCUT2D eigenvalue weighted by Crippen LogP contribution is 2.28. The molecular formula is C14H19F2NS2. The van der Waals surface area contributed by atoms with Crippen molar-refractivity contribution in [2.45, 2.75) is 24.6 Å². The van der Waals surface area contributed by atoms with Gasteiger partial charge >= 0.3 is 0 Å². The molecule has 0 saturated carbocycles. The first-order chi connectivity index (χ1) is 9.22. The molecule has 0 amide bonds. The number of likely N-dealkylation sites (N-methyl/N-ethyl adjacent to an activating group) is 1. The molecule has 2 rings (SSSR count). The Morgan fingerprint density at radius 1 is 1.37 bits per heavy atom. The van der Waals surface area contributed by atoms with Crippen LogP contribution < -0.4 is 5.32 Å². The molecule has 1 aliphatic heterocycles. The lowest BCUT2D eigenvalue weighted by Gasteiger charge is -2.30. The Morgan fingerprint density at radius 2 is 2.21 bits per heavy atom. The zero-order valence-electron chi connectivity index (χ0n) is 11.0. The highest BCUT2D eigenvalue weighted by atomic mass is 32.2. The first-order valence-corrected chi connectivity index (χ1v) is 8.78. The summed E-state index contributed by atoms with van der Waals surface area (Å²) in [6, 6.07) is 4.65. The molecule has 1 heterocycles. The van der Waals surface area contributed by atoms with Gasteiger partial charge in [0, 0.05) is 28.6 Å². The zero-order chi connectivity index (χ0) is 13.7. The highest BCUT2D eigenvalue weighted by molar-refractivity contribution is 8.06. The second kappa shape index (κ2) is 7.50. The van der Waals surface area contributed by atoms with Gasteiger partial charge in [0.25, 0.3) is 0 Å². The molecule has 0 radical (unpaired) electrons. The maximum absolute atomic E-state index is 13.8. The number of hydrogen-bond donors (Lipinski definition) is 1. The van der Waals surface area contributed by atoms with Crippen molar-refractivity contribution in [3.8, 4) is 0 Å². The molecule has 0 spiro atoms. The number of rotatable bonds is 5. The number of nitrogens with one attached hydrogen (secondary N) is 1. The van der Waals surface area contributed by atoms with Crippen molar-refractivity contribution in [2.75, 3.05) is 23.8 Å². The SMILES string of the molecule is CCNC(Cc1cccc(F)c1F)C1CSCCS1. The van der Waals surface area contributed by atoms with E-state index in [-0.39, 0.29) is 6.04 Å². The van der Waals surface area contributed by atoms with Crippen LogP contribution in [0.1, 0.15) is 12.5 Å². The van der Waals surface area contributed by atoms with Crippen LogP contribution in [0.25, 0.3) is 0 Å². The van der Waals surface area contributed by atoms with Crippen molar-refractivity contribution in [1.29, 1.82) is 0 Å². The van der Waals surface area contributed by atoms with Gasteiger partial charge in [0.15, 0.2) is 11.6 Å². The van der Waals surface area contributed by atoms with Gasteiger partial charge in [-0.2, -0.15) is 23.5 Å². The van der Waals surface area contributed by atoms with Gasteiger partial charge < -0.3 is 5.32 Å². The summed E-state index contributed by atoms with van der Waals surface area (Å²) in [6.07, 6.45) is 0.551. The third-order valence-electron chi connectivity index (χ3n) is 3.23. The molecule has 2 atom stereocenters. The highest BCUT2D eigenvalue weighted by Gasteiger charge is 2.25. The van der Waals surface area contributed by atoms with Gasteiger partial charge in [0.05, 0.1) is 0 Å². The molecule has 1 saturated heterocycles. The predicted octanol–water partition coefficient (Wildman–Crippen LogP) is 3.33. The van der Waals surface area contributed by atoms with Crippen molar-refractivity contribution >= 4 is 23.5 Å². The maximum atomic E-state index is 13.8. The second-order valence-corrected chi connectivity index (χ2v) is 7.06. The van der Waals surface area contributed by atoms with Crippen LogP contribution in [-0.4, -0.2) is 35.1 Å². The van der Waals surface area contributed by atoms with Crippen LogP contribution in [0, 0.1) is 11.6 Å². The van der Waals surface area contributed by atoms with E-state index in [9.17, 15) is 8.78 Å². The molecule has 0 aliphatic carbocycles. The van der Waals surface area contributed by atoms with E-state index in [1.165, 1.54) is 11.8 Å². The average molecular weight is 303 g/mol. The second-order valence-electron chi connectivity index (χ2n) is 4.57. The summed E-state index contributed by atoms with van der Waals surface area (Å²) >= 11 is 3.89. The number of thioether (sulfide) groups is 2. The summed E-state index contributed by atoms with van der Waals surface area (Å²) in [4.78, 5) is 0. The Hall–Kier alpha value is -0.260. The lowest BCUT2D eigenvalue weighted by Crippen LogP contribution is -2.42. The summed E-state index contributed by atoms with van der Waals surface area (Å²) in [5.74, 6) is 1.97. The van der Waals surface area contributed by atoms with E-state index in [1.807, 2.05) is 23.5 Å². The van der Waals surface area contributed by atoms with Crippen LogP contribution in [0.5, 0.6) is 0 Å². The number of hydrogen-bond acceptors (Lipinski definition) is 3. The van der Waals surface area contributed by atoms with Crippen molar-refractivity contribution in [2.24, 2.45) is 0 Å². The topological polar surface area (TPSA) is 12.0 Å². The third-order valence-corrected chi connectivity index (χ3v) is 6.15. The molecule has 5 heteroatoms. The van der Waals surface area contributed by atoms with Gasteiger partial charge in [-0.3, -0.25) is 0 Å². The Labute approximate surface area is 121 Å². The normalized spacial score (nSPS) is 21.3. The number of halogens is 2. The zero-order valence-corrected chi connectivity index (χ0v) is 12.6. The van der Waals surface area contributed by atoms with Crippen molar-refractivity contribution in [1.82, 2.24) is 5.32 Å². The minimum atomic E-state index is -0.751. The molecule has 0 bridgehead atoms. The van der Waals surface area contributed by atoms with E-state index < -0.39 is 11.6 Å². The summed E-state index contributed by atoms with van der Waals surface area (Å²) in [5.41, 5.74) is 0.474. The van der Waals surface area contributed by atoms with Gasteiger partial charge in [0.2, 0.25) is 0 Å². The van der Waals surface area contributed by atoms with Gasteiger partial charge in [-0.15, -0.1) is 0 Å². The van der Waals surface area contributed by atoms with Crippen molar-refractivity contribution in [3.05, 3.63) is 35.4 Å². The smallest absolute Gasteiger partial charge is 0.162 e. The minimum absolute atomic E-state index is 0.207. The van der Waals surface area contributed by atoms with Gasteiger partial charge in [-0.25, -0.2) is 8.78 Å². The quantitative estimate of drug-likeness (QED) is 0.896. The molecule has 1 aromatic carbocycles. The average Bonchev–Trinajstić information content (AvgIpc) is 2.44. The van der Waals surface area contributed by atoms with Gasteiger partial charge in [-0.05, 0) is 24.6 Å². The monoisotopic (exact) mass is 303 g/mol. The fourth-order valence-electron chi connectivity index (χ4n) is 2.28. The summed E-state index contributed by atoms with van der Waals surface area (Å²) in [7, 11) is 0.